The monoisotopic (exact) mass is 554 g/mol. The Morgan fingerprint density at radius 3 is 2.46 bits per heavy atom. The number of piperidine rings is 1. The third-order valence-corrected chi connectivity index (χ3v) is 7.77. The molecule has 0 saturated carbocycles. The topological polar surface area (TPSA) is 100 Å². The minimum atomic E-state index is -4.55. The van der Waals surface area contributed by atoms with Crippen LogP contribution in [0.15, 0.2) is 18.2 Å². The molecule has 0 bridgehead atoms. The molecule has 0 spiro atoms. The standard InChI is InChI=1S/C25H27F5N6O3/c26-18-3-1-2-17(22(18)27)15-5-4-14(23-33-32-19(36(23)12-15)11-25(28,29)30)10-21(38)34-8-6-16(7-9-34)35-13-20(37)31-24(35)39/h1-3,14-16H,4-13H2,(H,31,37,39)/t14-,15+/m1/s1. The third-order valence-electron chi connectivity index (χ3n) is 7.77. The summed E-state index contributed by atoms with van der Waals surface area (Å²) >= 11 is 0. The number of amides is 4. The lowest BCUT2D eigenvalue weighted by Crippen LogP contribution is -2.47. The molecule has 3 aliphatic rings. The van der Waals surface area contributed by atoms with Crippen molar-refractivity contribution in [2.75, 3.05) is 19.6 Å². The number of carbonyl (C=O) groups excluding carboxylic acids is 3. The van der Waals surface area contributed by atoms with Crippen LogP contribution in [0.4, 0.5) is 26.7 Å². The summed E-state index contributed by atoms with van der Waals surface area (Å²) in [5.41, 5.74) is 0.0612. The van der Waals surface area contributed by atoms with Crippen molar-refractivity contribution in [1.29, 1.82) is 0 Å². The van der Waals surface area contributed by atoms with Crippen LogP contribution in [0.5, 0.6) is 0 Å². The van der Waals surface area contributed by atoms with E-state index in [0.29, 0.717) is 38.8 Å². The van der Waals surface area contributed by atoms with Crippen molar-refractivity contribution in [2.45, 2.75) is 69.1 Å². The molecule has 2 fully saturated rings. The molecule has 3 aliphatic heterocycles. The summed E-state index contributed by atoms with van der Waals surface area (Å²) in [5.74, 6) is -3.97. The van der Waals surface area contributed by atoms with Crippen LogP contribution in [0.3, 0.4) is 0 Å². The van der Waals surface area contributed by atoms with E-state index in [0.717, 1.165) is 6.07 Å². The van der Waals surface area contributed by atoms with Crippen molar-refractivity contribution in [3.63, 3.8) is 0 Å². The van der Waals surface area contributed by atoms with Crippen LogP contribution in [-0.4, -0.2) is 74.3 Å². The van der Waals surface area contributed by atoms with E-state index in [-0.39, 0.29) is 54.6 Å². The first kappa shape index (κ1) is 27.0. The summed E-state index contributed by atoms with van der Waals surface area (Å²) in [7, 11) is 0. The summed E-state index contributed by atoms with van der Waals surface area (Å²) in [6.45, 7) is 0.637. The van der Waals surface area contributed by atoms with Crippen molar-refractivity contribution in [1.82, 2.24) is 29.9 Å². The highest BCUT2D eigenvalue weighted by Crippen LogP contribution is 2.38. The zero-order chi connectivity index (χ0) is 27.9. The van der Waals surface area contributed by atoms with Crippen molar-refractivity contribution in [3.8, 4) is 0 Å². The quantitative estimate of drug-likeness (QED) is 0.452. The van der Waals surface area contributed by atoms with Gasteiger partial charge in [-0.05, 0) is 37.3 Å². The first-order chi connectivity index (χ1) is 18.5. The number of hydrogen-bond acceptors (Lipinski definition) is 5. The van der Waals surface area contributed by atoms with Gasteiger partial charge in [0.05, 0.1) is 0 Å². The van der Waals surface area contributed by atoms with Crippen molar-refractivity contribution in [2.24, 2.45) is 0 Å². The van der Waals surface area contributed by atoms with E-state index in [1.165, 1.54) is 21.6 Å². The number of urea groups is 1. The van der Waals surface area contributed by atoms with E-state index in [1.54, 1.807) is 4.90 Å². The van der Waals surface area contributed by atoms with Gasteiger partial charge in [0.1, 0.15) is 24.6 Å². The molecule has 0 radical (unpaired) electrons. The van der Waals surface area contributed by atoms with Crippen molar-refractivity contribution in [3.05, 3.63) is 47.0 Å². The van der Waals surface area contributed by atoms with Gasteiger partial charge in [0, 0.05) is 43.9 Å². The summed E-state index contributed by atoms with van der Waals surface area (Å²) in [6, 6.07) is 3.14. The molecule has 0 aliphatic carbocycles. The van der Waals surface area contributed by atoms with E-state index >= 15 is 0 Å². The predicted molar refractivity (Wildman–Crippen MR) is 125 cm³/mol. The van der Waals surface area contributed by atoms with Gasteiger partial charge in [-0.2, -0.15) is 13.2 Å². The summed E-state index contributed by atoms with van der Waals surface area (Å²) in [6.07, 6.45) is -4.30. The van der Waals surface area contributed by atoms with Gasteiger partial charge in [0.2, 0.25) is 11.8 Å². The normalized spacial score (nSPS) is 22.6. The number of halogens is 5. The van der Waals surface area contributed by atoms with Gasteiger partial charge in [-0.1, -0.05) is 12.1 Å². The Kier molecular flexibility index (Phi) is 7.29. The lowest BCUT2D eigenvalue weighted by atomic mass is 9.89. The first-order valence-electron chi connectivity index (χ1n) is 12.8. The highest BCUT2D eigenvalue weighted by molar-refractivity contribution is 6.02. The second-order valence-electron chi connectivity index (χ2n) is 10.3. The van der Waals surface area contributed by atoms with Gasteiger partial charge < -0.3 is 14.4 Å². The predicted octanol–water partition coefficient (Wildman–Crippen LogP) is 3.26. The first-order valence-corrected chi connectivity index (χ1v) is 12.8. The van der Waals surface area contributed by atoms with Crippen molar-refractivity contribution < 1.29 is 36.3 Å². The Balaban J connectivity index is 1.32. The maximum absolute atomic E-state index is 14.6. The summed E-state index contributed by atoms with van der Waals surface area (Å²) < 4.78 is 69.7. The zero-order valence-corrected chi connectivity index (χ0v) is 20.9. The Morgan fingerprint density at radius 2 is 1.79 bits per heavy atom. The van der Waals surface area contributed by atoms with Crippen LogP contribution in [0, 0.1) is 11.6 Å². The molecule has 1 N–H and O–H groups in total. The van der Waals surface area contributed by atoms with E-state index in [2.05, 4.69) is 15.5 Å². The number of fused-ring (bicyclic) bond motifs is 1. The average molecular weight is 555 g/mol. The smallest absolute Gasteiger partial charge is 0.343 e. The Labute approximate surface area is 220 Å². The highest BCUT2D eigenvalue weighted by Gasteiger charge is 2.38. The molecule has 14 heteroatoms. The minimum Gasteiger partial charge on any atom is -0.343 e. The van der Waals surface area contributed by atoms with Gasteiger partial charge >= 0.3 is 12.2 Å². The highest BCUT2D eigenvalue weighted by atomic mass is 19.4. The maximum Gasteiger partial charge on any atom is 0.396 e. The number of carbonyl (C=O) groups is 3. The maximum atomic E-state index is 14.6. The molecule has 1 aromatic heterocycles. The molecule has 2 atom stereocenters. The number of rotatable bonds is 5. The summed E-state index contributed by atoms with van der Waals surface area (Å²) in [5, 5.41) is 10.0. The van der Waals surface area contributed by atoms with Crippen LogP contribution in [0.2, 0.25) is 0 Å². The van der Waals surface area contributed by atoms with Crippen LogP contribution in [-0.2, 0) is 22.6 Å². The van der Waals surface area contributed by atoms with Crippen LogP contribution in [0.25, 0.3) is 0 Å². The van der Waals surface area contributed by atoms with E-state index in [1.807, 2.05) is 0 Å². The van der Waals surface area contributed by atoms with Crippen LogP contribution >= 0.6 is 0 Å². The Hall–Kier alpha value is -3.58. The second-order valence-corrected chi connectivity index (χ2v) is 10.3. The molecular weight excluding hydrogens is 527 g/mol. The molecule has 2 aromatic rings. The number of aromatic nitrogens is 3. The van der Waals surface area contributed by atoms with Crippen molar-refractivity contribution >= 4 is 17.8 Å². The Morgan fingerprint density at radius 1 is 1.05 bits per heavy atom. The van der Waals surface area contributed by atoms with E-state index in [4.69, 9.17) is 0 Å². The number of nitrogens with one attached hydrogen (secondary N) is 1. The molecular formula is C25H27F5N6O3. The molecule has 9 nitrogen and oxygen atoms in total. The molecule has 1 aromatic carbocycles. The molecule has 39 heavy (non-hydrogen) atoms. The summed E-state index contributed by atoms with van der Waals surface area (Å²) in [4.78, 5) is 39.8. The number of nitrogens with zero attached hydrogens (tertiary/aromatic N) is 5. The second kappa shape index (κ2) is 10.5. The fourth-order valence-corrected chi connectivity index (χ4v) is 5.81. The van der Waals surface area contributed by atoms with Crippen LogP contribution in [0.1, 0.15) is 61.2 Å². The van der Waals surface area contributed by atoms with Crippen LogP contribution < -0.4 is 5.32 Å². The lowest BCUT2D eigenvalue weighted by molar-refractivity contribution is -0.133. The molecule has 0 unspecified atom stereocenters. The zero-order valence-electron chi connectivity index (χ0n) is 20.9. The van der Waals surface area contributed by atoms with Gasteiger partial charge in [0.15, 0.2) is 11.6 Å². The van der Waals surface area contributed by atoms with E-state index < -0.39 is 42.1 Å². The molecule has 4 amide bonds. The SMILES string of the molecule is O=C1CN(C2CCN(C(=O)C[C@H]3CC[C@H](c4cccc(F)c4F)Cn4c(CC(F)(F)F)nnc43)CC2)C(=O)N1. The molecule has 210 valence electrons. The Bertz CT molecular complexity index is 1270. The average Bonchev–Trinajstić information content (AvgIpc) is 3.36. The van der Waals surface area contributed by atoms with E-state index in [9.17, 15) is 36.3 Å². The lowest BCUT2D eigenvalue weighted by Gasteiger charge is -2.36. The van der Waals surface area contributed by atoms with Gasteiger partial charge in [-0.3, -0.25) is 14.9 Å². The fraction of sp³-hybridized carbons (Fsp3) is 0.560. The number of likely N-dealkylation sites (tertiary alicyclic amines) is 1. The van der Waals surface area contributed by atoms with Gasteiger partial charge in [0.25, 0.3) is 0 Å². The van der Waals surface area contributed by atoms with Gasteiger partial charge in [-0.25, -0.2) is 13.6 Å². The third kappa shape index (κ3) is 5.74. The largest absolute Gasteiger partial charge is 0.396 e. The number of imide groups is 1. The number of hydrogen-bond donors (Lipinski definition) is 1. The molecule has 2 saturated heterocycles. The van der Waals surface area contributed by atoms with Gasteiger partial charge in [-0.15, -0.1) is 10.2 Å². The molecule has 4 heterocycles. The fourth-order valence-electron chi connectivity index (χ4n) is 5.81. The number of benzene rings is 1. The minimum absolute atomic E-state index is 0.0114. The molecule has 5 rings (SSSR count). The number of alkyl halides is 3.